The first-order valence-corrected chi connectivity index (χ1v) is 10.5. The molecule has 2 amide bonds. The molecule has 166 valence electrons. The number of rotatable bonds is 6. The van der Waals surface area contributed by atoms with E-state index in [9.17, 15) is 9.59 Å². The summed E-state index contributed by atoms with van der Waals surface area (Å²) in [7, 11) is 1.52. The molecular formula is C21H22ClN7O3. The first kappa shape index (κ1) is 21.7. The second kappa shape index (κ2) is 9.73. The Morgan fingerprint density at radius 2 is 2.09 bits per heavy atom. The fraction of sp³-hybridized carbons (Fsp3) is 0.333. The van der Waals surface area contributed by atoms with E-state index in [1.165, 1.54) is 19.6 Å². The molecule has 1 aliphatic heterocycles. The number of amides is 2. The van der Waals surface area contributed by atoms with Crippen LogP contribution in [0.5, 0.6) is 5.88 Å². The van der Waals surface area contributed by atoms with E-state index in [-0.39, 0.29) is 17.7 Å². The quantitative estimate of drug-likeness (QED) is 0.582. The zero-order valence-electron chi connectivity index (χ0n) is 17.4. The first-order valence-electron chi connectivity index (χ1n) is 10.1. The largest absolute Gasteiger partial charge is 0.481 e. The lowest BCUT2D eigenvalue weighted by molar-refractivity contribution is -0.126. The van der Waals surface area contributed by atoms with Gasteiger partial charge in [0.1, 0.15) is 6.33 Å². The molecule has 0 saturated carbocycles. The number of hydrogen-bond acceptors (Lipinski definition) is 7. The number of methoxy groups -OCH3 is 1. The fourth-order valence-electron chi connectivity index (χ4n) is 3.56. The molecule has 0 atom stereocenters. The summed E-state index contributed by atoms with van der Waals surface area (Å²) in [5, 5.41) is 10.3. The molecule has 3 aromatic heterocycles. The summed E-state index contributed by atoms with van der Waals surface area (Å²) in [5.74, 6) is 0.0502. The molecule has 4 rings (SSSR count). The molecule has 0 spiro atoms. The number of aromatic nitrogens is 5. The molecule has 0 radical (unpaired) electrons. The van der Waals surface area contributed by atoms with Crippen LogP contribution in [0.4, 0.5) is 0 Å². The van der Waals surface area contributed by atoms with Gasteiger partial charge in [0.25, 0.3) is 5.91 Å². The van der Waals surface area contributed by atoms with Crippen LogP contribution in [0.2, 0.25) is 5.02 Å². The Labute approximate surface area is 189 Å². The van der Waals surface area contributed by atoms with Crippen molar-refractivity contribution < 1.29 is 14.3 Å². The highest BCUT2D eigenvalue weighted by Crippen LogP contribution is 2.29. The number of piperidine rings is 1. The van der Waals surface area contributed by atoms with E-state index in [1.54, 1.807) is 29.3 Å². The third kappa shape index (κ3) is 4.86. The molecule has 0 aromatic carbocycles. The summed E-state index contributed by atoms with van der Waals surface area (Å²) in [6.45, 7) is 1.33. The number of H-pyrrole nitrogens is 1. The minimum absolute atomic E-state index is 0.0287. The number of likely N-dealkylation sites (tertiary alicyclic amines) is 1. The van der Waals surface area contributed by atoms with Gasteiger partial charge in [-0.25, -0.2) is 15.0 Å². The van der Waals surface area contributed by atoms with Crippen molar-refractivity contribution in [2.75, 3.05) is 20.2 Å². The van der Waals surface area contributed by atoms with E-state index in [0.29, 0.717) is 60.3 Å². The molecule has 10 nitrogen and oxygen atoms in total. The topological polar surface area (TPSA) is 126 Å². The van der Waals surface area contributed by atoms with E-state index < -0.39 is 0 Å². The van der Waals surface area contributed by atoms with E-state index in [4.69, 9.17) is 16.3 Å². The van der Waals surface area contributed by atoms with Gasteiger partial charge in [0, 0.05) is 36.8 Å². The summed E-state index contributed by atoms with van der Waals surface area (Å²) >= 11 is 6.23. The SMILES string of the molecule is COc1cc(-c2cc(C(=O)N3CCC(C(=O)NCc4ccncn4)CC3)n[nH]2)c(Cl)cn1. The Bertz CT molecular complexity index is 1100. The maximum atomic E-state index is 12.9. The highest BCUT2D eigenvalue weighted by Gasteiger charge is 2.29. The maximum Gasteiger partial charge on any atom is 0.274 e. The Kier molecular flexibility index (Phi) is 6.60. The minimum atomic E-state index is -0.190. The summed E-state index contributed by atoms with van der Waals surface area (Å²) in [6.07, 6.45) is 5.75. The standard InChI is InChI=1S/C21H22ClN7O3/c1-32-19-8-15(16(22)11-24-19)17-9-18(28-27-17)21(31)29-6-3-13(4-7-29)20(30)25-10-14-2-5-23-12-26-14/h2,5,8-9,11-13H,3-4,6-7,10H2,1H3,(H,25,30)(H,27,28). The van der Waals surface area contributed by atoms with Crippen molar-refractivity contribution in [2.45, 2.75) is 19.4 Å². The van der Waals surface area contributed by atoms with Crippen molar-refractivity contribution >= 4 is 23.4 Å². The Morgan fingerprint density at radius 3 is 2.81 bits per heavy atom. The highest BCUT2D eigenvalue weighted by molar-refractivity contribution is 6.33. The zero-order valence-corrected chi connectivity index (χ0v) is 18.2. The number of halogens is 1. The number of pyridine rings is 1. The van der Waals surface area contributed by atoms with E-state index in [0.717, 1.165) is 5.69 Å². The van der Waals surface area contributed by atoms with Crippen LogP contribution in [0, 0.1) is 5.92 Å². The maximum absolute atomic E-state index is 12.9. The van der Waals surface area contributed by atoms with Crippen LogP contribution in [0.1, 0.15) is 29.0 Å². The van der Waals surface area contributed by atoms with Crippen molar-refractivity contribution in [1.82, 2.24) is 35.4 Å². The van der Waals surface area contributed by atoms with Gasteiger partial charge in [-0.05, 0) is 25.0 Å². The summed E-state index contributed by atoms with van der Waals surface area (Å²) in [5.41, 5.74) is 2.28. The lowest BCUT2D eigenvalue weighted by Crippen LogP contribution is -2.43. The number of aromatic amines is 1. The third-order valence-electron chi connectivity index (χ3n) is 5.37. The Morgan fingerprint density at radius 1 is 1.28 bits per heavy atom. The van der Waals surface area contributed by atoms with Gasteiger partial charge < -0.3 is 15.0 Å². The third-order valence-corrected chi connectivity index (χ3v) is 5.67. The molecule has 0 aliphatic carbocycles. The molecule has 32 heavy (non-hydrogen) atoms. The van der Waals surface area contributed by atoms with Crippen LogP contribution in [0.25, 0.3) is 11.3 Å². The van der Waals surface area contributed by atoms with Crippen LogP contribution in [0.15, 0.2) is 36.9 Å². The molecular weight excluding hydrogens is 434 g/mol. The van der Waals surface area contributed by atoms with Gasteiger partial charge in [-0.2, -0.15) is 5.10 Å². The molecule has 1 aliphatic rings. The number of hydrogen-bond donors (Lipinski definition) is 2. The van der Waals surface area contributed by atoms with Gasteiger partial charge in [-0.3, -0.25) is 14.7 Å². The second-order valence-electron chi connectivity index (χ2n) is 7.36. The Balaban J connectivity index is 1.33. The second-order valence-corrected chi connectivity index (χ2v) is 7.77. The minimum Gasteiger partial charge on any atom is -0.481 e. The smallest absolute Gasteiger partial charge is 0.274 e. The van der Waals surface area contributed by atoms with Crippen LogP contribution >= 0.6 is 11.6 Å². The monoisotopic (exact) mass is 455 g/mol. The van der Waals surface area contributed by atoms with Crippen molar-refractivity contribution in [3.63, 3.8) is 0 Å². The van der Waals surface area contributed by atoms with Gasteiger partial charge >= 0.3 is 0 Å². The summed E-state index contributed by atoms with van der Waals surface area (Å²) < 4.78 is 5.13. The number of ether oxygens (including phenoxy) is 1. The molecule has 1 fully saturated rings. The number of nitrogens with one attached hydrogen (secondary N) is 2. The molecule has 3 aromatic rings. The highest BCUT2D eigenvalue weighted by atomic mass is 35.5. The van der Waals surface area contributed by atoms with Gasteiger partial charge in [-0.15, -0.1) is 0 Å². The van der Waals surface area contributed by atoms with Gasteiger partial charge in [0.05, 0.1) is 36.3 Å². The van der Waals surface area contributed by atoms with E-state index >= 15 is 0 Å². The molecule has 11 heteroatoms. The van der Waals surface area contributed by atoms with E-state index in [2.05, 4.69) is 30.5 Å². The molecule has 4 heterocycles. The molecule has 0 bridgehead atoms. The van der Waals surface area contributed by atoms with Gasteiger partial charge in [0.15, 0.2) is 5.69 Å². The lowest BCUT2D eigenvalue weighted by Gasteiger charge is -2.30. The number of carbonyl (C=O) groups is 2. The molecule has 1 saturated heterocycles. The number of nitrogens with zero attached hydrogens (tertiary/aromatic N) is 5. The Hall–Kier alpha value is -3.53. The number of carbonyl (C=O) groups excluding carboxylic acids is 2. The zero-order chi connectivity index (χ0) is 22.5. The summed E-state index contributed by atoms with van der Waals surface area (Å²) in [6, 6.07) is 5.09. The van der Waals surface area contributed by atoms with Crippen LogP contribution in [-0.2, 0) is 11.3 Å². The van der Waals surface area contributed by atoms with E-state index in [1.807, 2.05) is 0 Å². The van der Waals surface area contributed by atoms with Crippen molar-refractivity contribution in [2.24, 2.45) is 5.92 Å². The van der Waals surface area contributed by atoms with Crippen molar-refractivity contribution in [1.29, 1.82) is 0 Å². The lowest BCUT2D eigenvalue weighted by atomic mass is 9.95. The predicted molar refractivity (Wildman–Crippen MR) is 116 cm³/mol. The average Bonchev–Trinajstić information content (AvgIpc) is 3.33. The molecule has 0 unspecified atom stereocenters. The fourth-order valence-corrected chi connectivity index (χ4v) is 3.76. The van der Waals surface area contributed by atoms with Gasteiger partial charge in [-0.1, -0.05) is 11.6 Å². The normalized spacial score (nSPS) is 14.2. The summed E-state index contributed by atoms with van der Waals surface area (Å²) in [4.78, 5) is 39.1. The van der Waals surface area contributed by atoms with Crippen molar-refractivity contribution in [3.05, 3.63) is 53.3 Å². The van der Waals surface area contributed by atoms with Crippen LogP contribution in [-0.4, -0.2) is 62.1 Å². The molecule has 2 N–H and O–H groups in total. The first-order chi connectivity index (χ1) is 15.5. The van der Waals surface area contributed by atoms with Gasteiger partial charge in [0.2, 0.25) is 11.8 Å². The average molecular weight is 456 g/mol. The predicted octanol–water partition coefficient (Wildman–Crippen LogP) is 2.09. The van der Waals surface area contributed by atoms with Crippen LogP contribution < -0.4 is 10.1 Å². The van der Waals surface area contributed by atoms with Crippen molar-refractivity contribution in [3.8, 4) is 17.1 Å². The van der Waals surface area contributed by atoms with Crippen LogP contribution in [0.3, 0.4) is 0 Å².